The molecule has 1 fully saturated rings. The van der Waals surface area contributed by atoms with Crippen LogP contribution in [-0.2, 0) is 0 Å². The predicted molar refractivity (Wildman–Crippen MR) is 57.9 cm³/mol. The fourth-order valence-electron chi connectivity index (χ4n) is 2.47. The number of aliphatic hydroxyl groups is 1. The van der Waals surface area contributed by atoms with Gasteiger partial charge in [-0.15, -0.1) is 0 Å². The Bertz CT molecular complexity index is 400. The summed E-state index contributed by atoms with van der Waals surface area (Å²) in [4.78, 5) is 0. The zero-order valence-electron chi connectivity index (χ0n) is 9.43. The van der Waals surface area contributed by atoms with Crippen LogP contribution in [0, 0.1) is 23.4 Å². The summed E-state index contributed by atoms with van der Waals surface area (Å²) in [5.74, 6) is -3.26. The lowest BCUT2D eigenvalue weighted by Crippen LogP contribution is -2.17. The first kappa shape index (κ1) is 12.4. The molecule has 0 saturated heterocycles. The third-order valence-electron chi connectivity index (χ3n) is 3.45. The van der Waals surface area contributed by atoms with Gasteiger partial charge in [-0.1, -0.05) is 19.3 Å². The molecule has 94 valence electrons. The highest BCUT2D eigenvalue weighted by atomic mass is 19.2. The molecule has 0 aliphatic heterocycles. The van der Waals surface area contributed by atoms with Crippen molar-refractivity contribution in [2.75, 3.05) is 0 Å². The van der Waals surface area contributed by atoms with E-state index < -0.39 is 23.6 Å². The summed E-state index contributed by atoms with van der Waals surface area (Å²) in [5, 5.41) is 10.0. The van der Waals surface area contributed by atoms with Gasteiger partial charge in [0, 0.05) is 11.6 Å². The summed E-state index contributed by atoms with van der Waals surface area (Å²) < 4.78 is 39.3. The molecule has 17 heavy (non-hydrogen) atoms. The minimum absolute atomic E-state index is 0.0527. The Labute approximate surface area is 98.3 Å². The average molecular weight is 244 g/mol. The Hall–Kier alpha value is -1.03. The molecular formula is C13H15F3O. The molecule has 0 radical (unpaired) electrons. The minimum atomic E-state index is -1.22. The van der Waals surface area contributed by atoms with Crippen LogP contribution in [-0.4, -0.2) is 5.11 Å². The number of aliphatic hydroxyl groups excluding tert-OH is 1. The number of hydrogen-bond donors (Lipinski definition) is 1. The van der Waals surface area contributed by atoms with E-state index in [-0.39, 0.29) is 11.5 Å². The van der Waals surface area contributed by atoms with E-state index in [2.05, 4.69) is 0 Å². The largest absolute Gasteiger partial charge is 0.388 e. The summed E-state index contributed by atoms with van der Waals surface area (Å²) in [6, 6.07) is 1.26. The van der Waals surface area contributed by atoms with E-state index in [0.29, 0.717) is 6.07 Å². The van der Waals surface area contributed by atoms with Crippen molar-refractivity contribution in [3.05, 3.63) is 35.1 Å². The van der Waals surface area contributed by atoms with Gasteiger partial charge in [0.05, 0.1) is 6.10 Å². The first-order chi connectivity index (χ1) is 8.09. The van der Waals surface area contributed by atoms with Crippen molar-refractivity contribution in [3.63, 3.8) is 0 Å². The van der Waals surface area contributed by atoms with E-state index >= 15 is 0 Å². The molecule has 0 unspecified atom stereocenters. The summed E-state index contributed by atoms with van der Waals surface area (Å²) in [7, 11) is 0. The van der Waals surface area contributed by atoms with Crippen molar-refractivity contribution in [1.29, 1.82) is 0 Å². The van der Waals surface area contributed by atoms with Crippen LogP contribution in [0.15, 0.2) is 12.1 Å². The zero-order valence-corrected chi connectivity index (χ0v) is 9.43. The van der Waals surface area contributed by atoms with Crippen molar-refractivity contribution in [3.8, 4) is 0 Å². The van der Waals surface area contributed by atoms with Crippen LogP contribution in [0.25, 0.3) is 0 Å². The first-order valence-electron chi connectivity index (χ1n) is 5.92. The normalized spacial score (nSPS) is 19.3. The Balaban J connectivity index is 2.23. The Morgan fingerprint density at radius 2 is 1.53 bits per heavy atom. The molecule has 1 N–H and O–H groups in total. The standard InChI is InChI=1S/C13H15F3O/c14-10-7-12(16)11(15)6-9(10)13(17)8-4-2-1-3-5-8/h6-8,13,17H,1-5H2/t13-/m0/s1. The highest BCUT2D eigenvalue weighted by Crippen LogP contribution is 2.35. The molecule has 0 aromatic heterocycles. The van der Waals surface area contributed by atoms with Crippen LogP contribution in [0.3, 0.4) is 0 Å². The second-order valence-corrected chi connectivity index (χ2v) is 4.63. The van der Waals surface area contributed by atoms with Gasteiger partial charge in [-0.3, -0.25) is 0 Å². The molecule has 4 heteroatoms. The molecule has 1 saturated carbocycles. The quantitative estimate of drug-likeness (QED) is 0.786. The maximum Gasteiger partial charge on any atom is 0.161 e. The van der Waals surface area contributed by atoms with Crippen LogP contribution in [0.5, 0.6) is 0 Å². The minimum Gasteiger partial charge on any atom is -0.388 e. The third kappa shape index (κ3) is 2.63. The highest BCUT2D eigenvalue weighted by Gasteiger charge is 2.26. The van der Waals surface area contributed by atoms with E-state index in [1.807, 2.05) is 0 Å². The van der Waals surface area contributed by atoms with Gasteiger partial charge in [0.1, 0.15) is 5.82 Å². The zero-order chi connectivity index (χ0) is 12.4. The van der Waals surface area contributed by atoms with Crippen LogP contribution in [0.1, 0.15) is 43.8 Å². The van der Waals surface area contributed by atoms with Crippen LogP contribution >= 0.6 is 0 Å². The van der Waals surface area contributed by atoms with Gasteiger partial charge in [0.2, 0.25) is 0 Å². The van der Waals surface area contributed by atoms with Crippen LogP contribution in [0.2, 0.25) is 0 Å². The topological polar surface area (TPSA) is 20.2 Å². The van der Waals surface area contributed by atoms with Gasteiger partial charge in [0.15, 0.2) is 11.6 Å². The Kier molecular flexibility index (Phi) is 3.72. The molecule has 1 atom stereocenters. The van der Waals surface area contributed by atoms with Gasteiger partial charge in [-0.2, -0.15) is 0 Å². The molecule has 0 bridgehead atoms. The lowest BCUT2D eigenvalue weighted by molar-refractivity contribution is 0.0811. The summed E-state index contributed by atoms with van der Waals surface area (Å²) in [6.45, 7) is 0. The van der Waals surface area contributed by atoms with E-state index in [4.69, 9.17) is 0 Å². The monoisotopic (exact) mass is 244 g/mol. The molecule has 1 aliphatic rings. The smallest absolute Gasteiger partial charge is 0.161 e. The number of hydrogen-bond acceptors (Lipinski definition) is 1. The van der Waals surface area contributed by atoms with Crippen LogP contribution < -0.4 is 0 Å². The lowest BCUT2D eigenvalue weighted by Gasteiger charge is -2.27. The summed E-state index contributed by atoms with van der Waals surface area (Å²) in [5.41, 5.74) is -0.129. The molecule has 0 heterocycles. The van der Waals surface area contributed by atoms with Crippen molar-refractivity contribution >= 4 is 0 Å². The molecule has 2 rings (SSSR count). The number of rotatable bonds is 2. The fraction of sp³-hybridized carbons (Fsp3) is 0.538. The third-order valence-corrected chi connectivity index (χ3v) is 3.45. The number of benzene rings is 1. The summed E-state index contributed by atoms with van der Waals surface area (Å²) >= 11 is 0. The van der Waals surface area contributed by atoms with Gasteiger partial charge in [-0.25, -0.2) is 13.2 Å². The van der Waals surface area contributed by atoms with E-state index in [1.54, 1.807) is 0 Å². The van der Waals surface area contributed by atoms with E-state index in [1.165, 1.54) is 0 Å². The number of halogens is 3. The maximum absolute atomic E-state index is 13.5. The van der Waals surface area contributed by atoms with Crippen molar-refractivity contribution in [2.45, 2.75) is 38.2 Å². The average Bonchev–Trinajstić information content (AvgIpc) is 2.34. The van der Waals surface area contributed by atoms with E-state index in [0.717, 1.165) is 38.2 Å². The van der Waals surface area contributed by atoms with Crippen LogP contribution in [0.4, 0.5) is 13.2 Å². The molecule has 1 aromatic carbocycles. The van der Waals surface area contributed by atoms with Gasteiger partial charge < -0.3 is 5.11 Å². The van der Waals surface area contributed by atoms with Gasteiger partial charge >= 0.3 is 0 Å². The molecule has 1 nitrogen and oxygen atoms in total. The molecule has 1 aliphatic carbocycles. The van der Waals surface area contributed by atoms with E-state index in [9.17, 15) is 18.3 Å². The molecular weight excluding hydrogens is 229 g/mol. The fourth-order valence-corrected chi connectivity index (χ4v) is 2.47. The Morgan fingerprint density at radius 3 is 2.18 bits per heavy atom. The lowest BCUT2D eigenvalue weighted by atomic mass is 9.82. The van der Waals surface area contributed by atoms with Crippen molar-refractivity contribution in [2.24, 2.45) is 5.92 Å². The second-order valence-electron chi connectivity index (χ2n) is 4.63. The highest BCUT2D eigenvalue weighted by molar-refractivity contribution is 5.23. The molecule has 0 spiro atoms. The first-order valence-corrected chi connectivity index (χ1v) is 5.92. The summed E-state index contributed by atoms with van der Waals surface area (Å²) in [6.07, 6.45) is 3.67. The molecule has 1 aromatic rings. The van der Waals surface area contributed by atoms with Crippen molar-refractivity contribution < 1.29 is 18.3 Å². The maximum atomic E-state index is 13.5. The van der Waals surface area contributed by atoms with Gasteiger partial charge in [-0.05, 0) is 24.8 Å². The second kappa shape index (κ2) is 5.08. The Morgan fingerprint density at radius 1 is 0.941 bits per heavy atom. The van der Waals surface area contributed by atoms with Crippen molar-refractivity contribution in [1.82, 2.24) is 0 Å². The SMILES string of the molecule is O[C@H](c1cc(F)c(F)cc1F)C1CCCCC1. The predicted octanol–water partition coefficient (Wildman–Crippen LogP) is 3.72. The molecule has 0 amide bonds. The van der Waals surface area contributed by atoms with Gasteiger partial charge in [0.25, 0.3) is 0 Å².